The summed E-state index contributed by atoms with van der Waals surface area (Å²) in [5.41, 5.74) is 0. The lowest BCUT2D eigenvalue weighted by molar-refractivity contribution is -0.870. The summed E-state index contributed by atoms with van der Waals surface area (Å²) >= 11 is 0. The number of hydrogen-bond acceptors (Lipinski definition) is 6. The lowest BCUT2D eigenvalue weighted by atomic mass is 10.0. The number of unbranched alkanes of at least 4 members (excludes halogenated alkanes) is 63. The maximum absolute atomic E-state index is 13.1. The van der Waals surface area contributed by atoms with E-state index in [4.69, 9.17) is 9.05 Å². The molecular formula is C82H163N2O6P. The molecule has 8 nitrogen and oxygen atoms in total. The van der Waals surface area contributed by atoms with Gasteiger partial charge in [-0.05, 0) is 32.1 Å². The SMILES string of the molecule is CCCCCCCCCCCCCCCCCCCCCCCCCC/C=C/CC/C=C/C(O)C(COP(=O)([O-])OCC[N+](C)(C)C)NC(=O)CCCCCCCCCCCCCCCCCCCCCCCCCCCCCCCCCCCCCCCCC. The smallest absolute Gasteiger partial charge is 0.268 e. The zero-order valence-corrected chi connectivity index (χ0v) is 63.2. The van der Waals surface area contributed by atoms with Crippen molar-refractivity contribution in [2.45, 2.75) is 456 Å². The van der Waals surface area contributed by atoms with Gasteiger partial charge in [-0.3, -0.25) is 9.36 Å². The van der Waals surface area contributed by atoms with Gasteiger partial charge in [0.05, 0.1) is 39.9 Å². The molecule has 0 radical (unpaired) electrons. The number of nitrogens with zero attached hydrogens (tertiary/aromatic N) is 1. The maximum Gasteiger partial charge on any atom is 0.268 e. The van der Waals surface area contributed by atoms with Crippen LogP contribution >= 0.6 is 7.82 Å². The first kappa shape index (κ1) is 90.0. The van der Waals surface area contributed by atoms with E-state index in [1.54, 1.807) is 6.08 Å². The van der Waals surface area contributed by atoms with Gasteiger partial charge in [0.25, 0.3) is 7.82 Å². The number of nitrogens with one attached hydrogen (secondary N) is 1. The van der Waals surface area contributed by atoms with Gasteiger partial charge in [0, 0.05) is 6.42 Å². The fraction of sp³-hybridized carbons (Fsp3) is 0.939. The number of phosphoric ester groups is 1. The van der Waals surface area contributed by atoms with Crippen LogP contribution in [-0.2, 0) is 18.4 Å². The Balaban J connectivity index is 3.92. The Morgan fingerprint density at radius 3 is 0.890 bits per heavy atom. The number of aliphatic hydroxyl groups is 1. The van der Waals surface area contributed by atoms with Gasteiger partial charge in [0.1, 0.15) is 13.2 Å². The van der Waals surface area contributed by atoms with Crippen LogP contribution in [0.4, 0.5) is 0 Å². The van der Waals surface area contributed by atoms with Gasteiger partial charge < -0.3 is 28.8 Å². The van der Waals surface area contributed by atoms with Crippen LogP contribution in [-0.4, -0.2) is 68.5 Å². The highest BCUT2D eigenvalue weighted by molar-refractivity contribution is 7.45. The quantitative estimate of drug-likeness (QED) is 0.0272. The Morgan fingerprint density at radius 2 is 0.615 bits per heavy atom. The second kappa shape index (κ2) is 73.2. The molecule has 0 saturated heterocycles. The summed E-state index contributed by atoms with van der Waals surface area (Å²) in [7, 11) is 1.27. The van der Waals surface area contributed by atoms with Crippen molar-refractivity contribution in [1.82, 2.24) is 5.32 Å². The first-order chi connectivity index (χ1) is 44.5. The molecule has 91 heavy (non-hydrogen) atoms. The summed E-state index contributed by atoms with van der Waals surface area (Å²) in [6.45, 7) is 4.71. The van der Waals surface area contributed by atoms with Gasteiger partial charge in [0.15, 0.2) is 0 Å². The lowest BCUT2D eigenvalue weighted by Gasteiger charge is -2.29. The first-order valence-corrected chi connectivity index (χ1v) is 42.7. The van der Waals surface area contributed by atoms with Crippen molar-refractivity contribution < 1.29 is 32.9 Å². The van der Waals surface area contributed by atoms with Gasteiger partial charge in [-0.15, -0.1) is 0 Å². The topological polar surface area (TPSA) is 108 Å². The van der Waals surface area contributed by atoms with E-state index in [0.717, 1.165) is 38.5 Å². The molecular weight excluding hydrogens is 1140 g/mol. The van der Waals surface area contributed by atoms with E-state index in [1.165, 1.54) is 385 Å². The molecule has 0 bridgehead atoms. The monoisotopic (exact) mass is 1300 g/mol. The minimum Gasteiger partial charge on any atom is -0.756 e. The van der Waals surface area contributed by atoms with Gasteiger partial charge in [-0.2, -0.15) is 0 Å². The average Bonchev–Trinajstić information content (AvgIpc) is 3.46. The number of carbonyl (C=O) groups excluding carboxylic acids is 1. The van der Waals surface area contributed by atoms with E-state index in [1.807, 2.05) is 27.2 Å². The van der Waals surface area contributed by atoms with Crippen molar-refractivity contribution >= 4 is 13.7 Å². The summed E-state index contributed by atoms with van der Waals surface area (Å²) in [4.78, 5) is 25.7. The van der Waals surface area contributed by atoms with E-state index < -0.39 is 20.0 Å². The van der Waals surface area contributed by atoms with Gasteiger partial charge in [-0.1, -0.05) is 430 Å². The number of carbonyl (C=O) groups is 1. The Labute approximate surface area is 570 Å². The van der Waals surface area contributed by atoms with Crippen LogP contribution in [0.1, 0.15) is 444 Å². The molecule has 9 heteroatoms. The molecule has 3 atom stereocenters. The van der Waals surface area contributed by atoms with Crippen molar-refractivity contribution in [1.29, 1.82) is 0 Å². The highest BCUT2D eigenvalue weighted by atomic mass is 31.2. The molecule has 2 N–H and O–H groups in total. The van der Waals surface area contributed by atoms with Crippen molar-refractivity contribution in [3.8, 4) is 0 Å². The molecule has 542 valence electrons. The van der Waals surface area contributed by atoms with Gasteiger partial charge >= 0.3 is 0 Å². The average molecular weight is 1300 g/mol. The summed E-state index contributed by atoms with van der Waals surface area (Å²) in [6.07, 6.45) is 98.1. The number of hydrogen-bond donors (Lipinski definition) is 2. The van der Waals surface area contributed by atoms with E-state index in [9.17, 15) is 19.4 Å². The Morgan fingerprint density at radius 1 is 0.374 bits per heavy atom. The van der Waals surface area contributed by atoms with Crippen LogP contribution in [0.5, 0.6) is 0 Å². The van der Waals surface area contributed by atoms with E-state index in [0.29, 0.717) is 17.4 Å². The molecule has 0 heterocycles. The normalized spacial score (nSPS) is 13.5. The minimum atomic E-state index is -4.61. The first-order valence-electron chi connectivity index (χ1n) is 41.2. The number of allylic oxidation sites excluding steroid dienone is 3. The minimum absolute atomic E-state index is 0.00324. The molecule has 0 aromatic heterocycles. The largest absolute Gasteiger partial charge is 0.756 e. The second-order valence-electron chi connectivity index (χ2n) is 29.8. The van der Waals surface area contributed by atoms with E-state index >= 15 is 0 Å². The zero-order valence-electron chi connectivity index (χ0n) is 62.3. The number of aliphatic hydroxyl groups excluding tert-OH is 1. The molecule has 0 fully saturated rings. The second-order valence-corrected chi connectivity index (χ2v) is 31.2. The van der Waals surface area contributed by atoms with Crippen LogP contribution in [0.2, 0.25) is 0 Å². The number of rotatable bonds is 78. The van der Waals surface area contributed by atoms with Crippen molar-refractivity contribution in [2.24, 2.45) is 0 Å². The Bertz CT molecular complexity index is 1530. The third kappa shape index (κ3) is 76.2. The molecule has 0 saturated carbocycles. The molecule has 0 aromatic carbocycles. The lowest BCUT2D eigenvalue weighted by Crippen LogP contribution is -2.45. The van der Waals surface area contributed by atoms with Crippen LogP contribution in [0.3, 0.4) is 0 Å². The molecule has 0 aliphatic carbocycles. The standard InChI is InChI=1S/C82H163N2O6P/c1-6-8-10-12-14-16-18-20-22-24-26-28-30-32-34-36-38-39-40-41-42-43-44-45-46-48-50-52-54-56-58-60-62-64-66-68-70-72-74-76-82(86)83-80(79-90-91(87,88)89-78-77-84(3,4)5)81(85)75-73-71-69-67-65-63-61-59-57-55-53-51-49-47-37-35-33-31-29-27-25-23-21-19-17-15-13-11-9-7-2/h65,67,73,75,80-81,85H,6-64,66,68-72,74,76-79H2,1-5H3,(H-,83,86,87,88)/b67-65+,75-73+. The van der Waals surface area contributed by atoms with E-state index in [2.05, 4.69) is 31.3 Å². The van der Waals surface area contributed by atoms with Gasteiger partial charge in [0.2, 0.25) is 5.91 Å². The van der Waals surface area contributed by atoms with Crippen LogP contribution in [0.25, 0.3) is 0 Å². The molecule has 0 aromatic rings. The molecule has 3 unspecified atom stereocenters. The van der Waals surface area contributed by atoms with Crippen LogP contribution in [0.15, 0.2) is 24.3 Å². The third-order valence-electron chi connectivity index (χ3n) is 19.4. The van der Waals surface area contributed by atoms with Crippen molar-refractivity contribution in [2.75, 3.05) is 40.9 Å². The summed E-state index contributed by atoms with van der Waals surface area (Å²) in [5, 5.41) is 14.0. The third-order valence-corrected chi connectivity index (χ3v) is 20.4. The molecule has 0 spiro atoms. The fourth-order valence-electron chi connectivity index (χ4n) is 13.1. The number of likely N-dealkylation sites (N-methyl/N-ethyl adjacent to an activating group) is 1. The number of amides is 1. The van der Waals surface area contributed by atoms with Crippen molar-refractivity contribution in [3.63, 3.8) is 0 Å². The highest BCUT2D eigenvalue weighted by Gasteiger charge is 2.23. The molecule has 0 rings (SSSR count). The molecule has 0 aliphatic rings. The highest BCUT2D eigenvalue weighted by Crippen LogP contribution is 2.38. The number of quaternary nitrogens is 1. The van der Waals surface area contributed by atoms with Crippen LogP contribution in [0, 0.1) is 0 Å². The number of phosphoric acid groups is 1. The maximum atomic E-state index is 13.1. The van der Waals surface area contributed by atoms with Crippen molar-refractivity contribution in [3.05, 3.63) is 24.3 Å². The fourth-order valence-corrected chi connectivity index (χ4v) is 13.8. The molecule has 0 aliphatic heterocycles. The van der Waals surface area contributed by atoms with Gasteiger partial charge in [-0.25, -0.2) is 0 Å². The predicted octanol–water partition coefficient (Wildman–Crippen LogP) is 26.3. The molecule has 1 amide bonds. The Kier molecular flexibility index (Phi) is 72.4. The Hall–Kier alpha value is -1.02. The van der Waals surface area contributed by atoms with E-state index in [-0.39, 0.29) is 19.1 Å². The summed E-state index contributed by atoms with van der Waals surface area (Å²) in [6, 6.07) is -0.903. The van der Waals surface area contributed by atoms with Crippen LogP contribution < -0.4 is 10.2 Å². The summed E-state index contributed by atoms with van der Waals surface area (Å²) < 4.78 is 23.5. The predicted molar refractivity (Wildman–Crippen MR) is 399 cm³/mol. The zero-order chi connectivity index (χ0) is 66.2. The summed E-state index contributed by atoms with van der Waals surface area (Å²) in [5.74, 6) is -0.196.